The molecule has 0 saturated heterocycles. The van der Waals surface area contributed by atoms with Crippen molar-refractivity contribution in [2.75, 3.05) is 7.11 Å². The van der Waals surface area contributed by atoms with Gasteiger partial charge in [0.15, 0.2) is 5.78 Å². The molecule has 0 atom stereocenters. The summed E-state index contributed by atoms with van der Waals surface area (Å²) in [7, 11) is 1.21. The topological polar surface area (TPSA) is 83.8 Å². The van der Waals surface area contributed by atoms with Crippen molar-refractivity contribution >= 4 is 11.8 Å². The smallest absolute Gasteiger partial charge is 0.313 e. The lowest BCUT2D eigenvalue weighted by Crippen LogP contribution is -2.10. The van der Waals surface area contributed by atoms with Crippen molar-refractivity contribution in [1.82, 2.24) is 0 Å². The van der Waals surface area contributed by atoms with E-state index in [4.69, 9.17) is 10.2 Å². The van der Waals surface area contributed by atoms with Crippen molar-refractivity contribution in [3.8, 4) is 0 Å². The lowest BCUT2D eigenvalue weighted by Gasteiger charge is -2.07. The molecule has 1 rings (SSSR count). The molecule has 0 aliphatic rings. The minimum Gasteiger partial charge on any atom is -0.469 e. The van der Waals surface area contributed by atoms with Crippen LogP contribution < -0.4 is 0 Å². The van der Waals surface area contributed by atoms with E-state index in [-0.39, 0.29) is 25.4 Å². The Labute approximate surface area is 98.6 Å². The monoisotopic (exact) mass is 238 g/mol. The van der Waals surface area contributed by atoms with Gasteiger partial charge < -0.3 is 14.9 Å². The number of hydrogen-bond donors (Lipinski definition) is 2. The van der Waals surface area contributed by atoms with E-state index in [0.717, 1.165) is 0 Å². The van der Waals surface area contributed by atoms with Crippen molar-refractivity contribution < 1.29 is 24.5 Å². The van der Waals surface area contributed by atoms with Gasteiger partial charge in [-0.15, -0.1) is 0 Å². The number of Topliss-reactive ketones (excluding diaryl/α,β-unsaturated/α-hetero) is 1. The summed E-state index contributed by atoms with van der Waals surface area (Å²) in [5.74, 6) is -0.983. The minimum absolute atomic E-state index is 0.207. The molecule has 0 aliphatic carbocycles. The van der Waals surface area contributed by atoms with Gasteiger partial charge in [0.1, 0.15) is 6.42 Å². The molecule has 0 bridgehead atoms. The van der Waals surface area contributed by atoms with E-state index in [0.29, 0.717) is 16.7 Å². The molecule has 5 heteroatoms. The zero-order valence-electron chi connectivity index (χ0n) is 9.47. The largest absolute Gasteiger partial charge is 0.469 e. The van der Waals surface area contributed by atoms with Gasteiger partial charge in [0.2, 0.25) is 0 Å². The Morgan fingerprint density at radius 2 is 1.82 bits per heavy atom. The van der Waals surface area contributed by atoms with Crippen LogP contribution in [0.3, 0.4) is 0 Å². The number of benzene rings is 1. The summed E-state index contributed by atoms with van der Waals surface area (Å²) in [4.78, 5) is 22.6. The predicted molar refractivity (Wildman–Crippen MR) is 59.3 cm³/mol. The quantitative estimate of drug-likeness (QED) is 0.441. The molecule has 17 heavy (non-hydrogen) atoms. The van der Waals surface area contributed by atoms with Gasteiger partial charge in [0.05, 0.1) is 20.3 Å². The van der Waals surface area contributed by atoms with Crippen LogP contribution in [0.2, 0.25) is 0 Å². The van der Waals surface area contributed by atoms with Crippen LogP contribution in [0.1, 0.15) is 27.9 Å². The van der Waals surface area contributed by atoms with Crippen LogP contribution >= 0.6 is 0 Å². The third-order valence-electron chi connectivity index (χ3n) is 2.40. The first-order valence-electron chi connectivity index (χ1n) is 5.06. The lowest BCUT2D eigenvalue weighted by molar-refractivity contribution is -0.139. The number of methoxy groups -OCH3 is 1. The van der Waals surface area contributed by atoms with Crippen molar-refractivity contribution in [2.24, 2.45) is 0 Å². The van der Waals surface area contributed by atoms with Gasteiger partial charge in [0.25, 0.3) is 0 Å². The highest BCUT2D eigenvalue weighted by atomic mass is 16.5. The van der Waals surface area contributed by atoms with Gasteiger partial charge in [0, 0.05) is 5.56 Å². The maximum absolute atomic E-state index is 11.6. The molecule has 0 unspecified atom stereocenters. The maximum Gasteiger partial charge on any atom is 0.313 e. The summed E-state index contributed by atoms with van der Waals surface area (Å²) in [6.07, 6.45) is -0.333. The summed E-state index contributed by atoms with van der Waals surface area (Å²) in [6, 6.07) is 4.53. The number of carbonyl (C=O) groups is 2. The van der Waals surface area contributed by atoms with E-state index >= 15 is 0 Å². The number of hydrogen-bond acceptors (Lipinski definition) is 5. The minimum atomic E-state index is -0.605. The second-order valence-corrected chi connectivity index (χ2v) is 3.48. The second-order valence-electron chi connectivity index (χ2n) is 3.48. The first-order valence-corrected chi connectivity index (χ1v) is 5.06. The molecular formula is C12H14O5. The third-order valence-corrected chi connectivity index (χ3v) is 2.40. The second kappa shape index (κ2) is 6.12. The van der Waals surface area contributed by atoms with Crippen molar-refractivity contribution in [2.45, 2.75) is 19.6 Å². The van der Waals surface area contributed by atoms with Crippen LogP contribution in [0.4, 0.5) is 0 Å². The van der Waals surface area contributed by atoms with Crippen LogP contribution in [0.5, 0.6) is 0 Å². The van der Waals surface area contributed by atoms with E-state index in [1.165, 1.54) is 19.2 Å². The molecule has 0 saturated carbocycles. The molecular weight excluding hydrogens is 224 g/mol. The Balaban J connectivity index is 2.92. The molecule has 1 aromatic carbocycles. The molecule has 0 amide bonds. The normalized spacial score (nSPS) is 10.1. The van der Waals surface area contributed by atoms with E-state index in [2.05, 4.69) is 4.74 Å². The average molecular weight is 238 g/mol. The summed E-state index contributed by atoms with van der Waals surface area (Å²) in [5, 5.41) is 18.1. The number of rotatable bonds is 5. The lowest BCUT2D eigenvalue weighted by atomic mass is 10.0. The van der Waals surface area contributed by atoms with Gasteiger partial charge in [-0.1, -0.05) is 12.1 Å². The molecule has 0 fully saturated rings. The van der Waals surface area contributed by atoms with Crippen LogP contribution in [-0.4, -0.2) is 29.1 Å². The number of esters is 1. The van der Waals surface area contributed by atoms with E-state index in [1.807, 2.05) is 0 Å². The van der Waals surface area contributed by atoms with Gasteiger partial charge in [-0.05, 0) is 17.2 Å². The molecule has 0 heterocycles. The SMILES string of the molecule is COC(=O)CC(=O)c1ccc(CO)c(CO)c1. The zero-order chi connectivity index (χ0) is 12.8. The summed E-state index contributed by atoms with van der Waals surface area (Å²) in [6.45, 7) is -0.476. The van der Waals surface area contributed by atoms with Gasteiger partial charge in [-0.2, -0.15) is 0 Å². The number of ether oxygens (including phenoxy) is 1. The molecule has 92 valence electrons. The third kappa shape index (κ3) is 3.37. The molecule has 1 aromatic rings. The number of ketones is 1. The highest BCUT2D eigenvalue weighted by Gasteiger charge is 2.13. The van der Waals surface area contributed by atoms with Crippen LogP contribution in [0.15, 0.2) is 18.2 Å². The molecule has 2 N–H and O–H groups in total. The van der Waals surface area contributed by atoms with Crippen LogP contribution in [-0.2, 0) is 22.7 Å². The first-order chi connectivity index (χ1) is 8.12. The zero-order valence-corrected chi connectivity index (χ0v) is 9.47. The van der Waals surface area contributed by atoms with Crippen LogP contribution in [0.25, 0.3) is 0 Å². The van der Waals surface area contributed by atoms with Crippen molar-refractivity contribution in [1.29, 1.82) is 0 Å². The van der Waals surface area contributed by atoms with E-state index in [1.54, 1.807) is 6.07 Å². The highest BCUT2D eigenvalue weighted by molar-refractivity contribution is 6.06. The molecule has 0 aromatic heterocycles. The Bertz CT molecular complexity index is 425. The van der Waals surface area contributed by atoms with Crippen molar-refractivity contribution in [3.63, 3.8) is 0 Å². The average Bonchev–Trinajstić information content (AvgIpc) is 2.37. The molecule has 0 spiro atoms. The fourth-order valence-electron chi connectivity index (χ4n) is 1.41. The van der Waals surface area contributed by atoms with E-state index < -0.39 is 5.97 Å². The maximum atomic E-state index is 11.6. The van der Waals surface area contributed by atoms with Crippen LogP contribution in [0, 0.1) is 0 Å². The number of carbonyl (C=O) groups excluding carboxylic acids is 2. The fraction of sp³-hybridized carbons (Fsp3) is 0.333. The standard InChI is InChI=1S/C12H14O5/c1-17-12(16)5-11(15)8-2-3-9(6-13)10(4-8)7-14/h2-4,13-14H,5-7H2,1H3. The summed E-state index contributed by atoms with van der Waals surface area (Å²) in [5.41, 5.74) is 1.35. The van der Waals surface area contributed by atoms with Crippen molar-refractivity contribution in [3.05, 3.63) is 34.9 Å². The molecule has 0 radical (unpaired) electrons. The Morgan fingerprint density at radius 3 is 2.35 bits per heavy atom. The van der Waals surface area contributed by atoms with Gasteiger partial charge >= 0.3 is 5.97 Å². The van der Waals surface area contributed by atoms with Gasteiger partial charge in [-0.25, -0.2) is 0 Å². The summed E-state index contributed by atoms with van der Waals surface area (Å²) >= 11 is 0. The Hall–Kier alpha value is -1.72. The molecule has 5 nitrogen and oxygen atoms in total. The molecule has 0 aliphatic heterocycles. The van der Waals surface area contributed by atoms with E-state index in [9.17, 15) is 9.59 Å². The Morgan fingerprint density at radius 1 is 1.18 bits per heavy atom. The highest BCUT2D eigenvalue weighted by Crippen LogP contribution is 2.14. The van der Waals surface area contributed by atoms with Gasteiger partial charge in [-0.3, -0.25) is 9.59 Å². The first kappa shape index (κ1) is 13.3. The summed E-state index contributed by atoms with van der Waals surface area (Å²) < 4.78 is 4.39. The Kier molecular flexibility index (Phi) is 4.81. The number of aliphatic hydroxyl groups excluding tert-OH is 2. The number of aliphatic hydroxyl groups is 2. The fourth-order valence-corrected chi connectivity index (χ4v) is 1.41. The predicted octanol–water partition coefficient (Wildman–Crippen LogP) is 0.417.